The van der Waals surface area contributed by atoms with E-state index in [1.807, 2.05) is 13.1 Å². The van der Waals surface area contributed by atoms with Crippen molar-refractivity contribution in [3.8, 4) is 0 Å². The number of aryl methyl sites for hydroxylation is 1. The highest BCUT2D eigenvalue weighted by Crippen LogP contribution is 2.41. The van der Waals surface area contributed by atoms with Crippen molar-refractivity contribution in [3.63, 3.8) is 0 Å². The van der Waals surface area contributed by atoms with Gasteiger partial charge in [0.05, 0.1) is 33.1 Å². The molecule has 0 bridgehead atoms. The maximum atomic E-state index is 11.8. The minimum Gasteiger partial charge on any atom is -0.397 e. The molecule has 1 atom stereocenters. The number of pyridine rings is 1. The molecule has 1 fully saturated rings. The molecule has 0 aromatic carbocycles. The number of hydrogen-bond donors (Lipinski definition) is 1. The Balaban J connectivity index is 1.72. The first-order valence-electron chi connectivity index (χ1n) is 8.26. The van der Waals surface area contributed by atoms with Crippen molar-refractivity contribution >= 4 is 38.6 Å². The topological polar surface area (TPSA) is 98.1 Å². The SMILES string of the molecule is CC(=O)c1sc2cncc(N3CCCC(c4nc(C)no4)C3)c2c1N. The van der Waals surface area contributed by atoms with Crippen LogP contribution in [0.15, 0.2) is 16.9 Å². The third kappa shape index (κ3) is 2.76. The lowest BCUT2D eigenvalue weighted by atomic mass is 9.97. The van der Waals surface area contributed by atoms with Gasteiger partial charge in [0.25, 0.3) is 0 Å². The molecule has 130 valence electrons. The Hall–Kier alpha value is -2.48. The van der Waals surface area contributed by atoms with Crippen molar-refractivity contribution in [2.75, 3.05) is 23.7 Å². The summed E-state index contributed by atoms with van der Waals surface area (Å²) in [5.74, 6) is 1.52. The molecule has 0 amide bonds. The number of piperidine rings is 1. The number of aromatic nitrogens is 3. The van der Waals surface area contributed by atoms with E-state index in [1.54, 1.807) is 13.1 Å². The third-order valence-electron chi connectivity index (χ3n) is 4.59. The molecule has 1 saturated heterocycles. The minimum atomic E-state index is -0.0116. The Morgan fingerprint density at radius 2 is 2.28 bits per heavy atom. The van der Waals surface area contributed by atoms with Crippen molar-refractivity contribution in [1.82, 2.24) is 15.1 Å². The second kappa shape index (κ2) is 6.11. The number of anilines is 2. The molecule has 25 heavy (non-hydrogen) atoms. The number of nitrogen functional groups attached to an aromatic ring is 1. The average molecular weight is 357 g/mol. The maximum Gasteiger partial charge on any atom is 0.231 e. The van der Waals surface area contributed by atoms with Gasteiger partial charge in [0.15, 0.2) is 11.6 Å². The summed E-state index contributed by atoms with van der Waals surface area (Å²) < 4.78 is 6.30. The van der Waals surface area contributed by atoms with Crippen LogP contribution < -0.4 is 10.6 Å². The molecular formula is C17H19N5O2S. The zero-order valence-corrected chi connectivity index (χ0v) is 15.0. The first-order chi connectivity index (χ1) is 12.0. The number of thiophene rings is 1. The van der Waals surface area contributed by atoms with Crippen molar-refractivity contribution in [1.29, 1.82) is 0 Å². The van der Waals surface area contributed by atoms with Crippen LogP contribution in [0.4, 0.5) is 11.4 Å². The molecule has 2 N–H and O–H groups in total. The smallest absolute Gasteiger partial charge is 0.231 e. The quantitative estimate of drug-likeness (QED) is 0.719. The highest BCUT2D eigenvalue weighted by molar-refractivity contribution is 7.21. The number of nitrogens with zero attached hydrogens (tertiary/aromatic N) is 4. The Bertz CT molecular complexity index is 948. The molecule has 0 spiro atoms. The molecule has 3 aromatic rings. The molecule has 1 aliphatic heterocycles. The Kier molecular flexibility index (Phi) is 3.91. The fourth-order valence-electron chi connectivity index (χ4n) is 3.44. The number of rotatable bonds is 3. The number of Topliss-reactive ketones (excluding diaryl/α,β-unsaturated/α-hetero) is 1. The molecule has 0 radical (unpaired) electrons. The number of fused-ring (bicyclic) bond motifs is 1. The van der Waals surface area contributed by atoms with Crippen LogP contribution in [0.5, 0.6) is 0 Å². The lowest BCUT2D eigenvalue weighted by Crippen LogP contribution is -2.34. The van der Waals surface area contributed by atoms with Gasteiger partial charge in [0, 0.05) is 31.6 Å². The average Bonchev–Trinajstić information content (AvgIpc) is 3.19. The molecule has 8 heteroatoms. The standard InChI is InChI=1S/C17H19N5O2S/c1-9(23)16-15(18)14-12(6-19-7-13(14)25-16)22-5-3-4-11(8-22)17-20-10(2)21-24-17/h6-7,11H,3-5,8,18H2,1-2H3. The largest absolute Gasteiger partial charge is 0.397 e. The molecule has 7 nitrogen and oxygen atoms in total. The van der Waals surface area contributed by atoms with Crippen LogP contribution in [0.2, 0.25) is 0 Å². The van der Waals surface area contributed by atoms with Gasteiger partial charge in [-0.2, -0.15) is 4.98 Å². The van der Waals surface area contributed by atoms with E-state index < -0.39 is 0 Å². The van der Waals surface area contributed by atoms with E-state index in [9.17, 15) is 4.79 Å². The zero-order valence-electron chi connectivity index (χ0n) is 14.2. The molecule has 4 heterocycles. The fraction of sp³-hybridized carbons (Fsp3) is 0.412. The number of ketones is 1. The van der Waals surface area contributed by atoms with Crippen LogP contribution in [0.1, 0.15) is 47.1 Å². The van der Waals surface area contributed by atoms with Crippen LogP contribution in [-0.4, -0.2) is 34.0 Å². The van der Waals surface area contributed by atoms with Gasteiger partial charge in [0.2, 0.25) is 5.89 Å². The minimum absolute atomic E-state index is 0.0116. The molecule has 1 unspecified atom stereocenters. The van der Waals surface area contributed by atoms with Gasteiger partial charge in [-0.25, -0.2) is 0 Å². The second-order valence-corrected chi connectivity index (χ2v) is 7.45. The monoisotopic (exact) mass is 357 g/mol. The Morgan fingerprint density at radius 3 is 3.00 bits per heavy atom. The van der Waals surface area contributed by atoms with Gasteiger partial charge in [-0.15, -0.1) is 11.3 Å². The van der Waals surface area contributed by atoms with Gasteiger partial charge in [-0.05, 0) is 19.8 Å². The van der Waals surface area contributed by atoms with Gasteiger partial charge in [-0.1, -0.05) is 5.16 Å². The van der Waals surface area contributed by atoms with Gasteiger partial charge < -0.3 is 15.2 Å². The van der Waals surface area contributed by atoms with Crippen LogP contribution >= 0.6 is 11.3 Å². The van der Waals surface area contributed by atoms with Crippen LogP contribution in [-0.2, 0) is 0 Å². The summed E-state index contributed by atoms with van der Waals surface area (Å²) >= 11 is 1.41. The molecule has 1 aliphatic rings. The summed E-state index contributed by atoms with van der Waals surface area (Å²) in [4.78, 5) is 23.4. The maximum absolute atomic E-state index is 11.8. The number of hydrogen-bond acceptors (Lipinski definition) is 8. The lowest BCUT2D eigenvalue weighted by Gasteiger charge is -2.33. The van der Waals surface area contributed by atoms with Crippen LogP contribution in [0.25, 0.3) is 10.1 Å². The van der Waals surface area contributed by atoms with Crippen LogP contribution in [0, 0.1) is 6.92 Å². The second-order valence-electron chi connectivity index (χ2n) is 6.40. The summed E-state index contributed by atoms with van der Waals surface area (Å²) in [5.41, 5.74) is 7.82. The number of carbonyl (C=O) groups is 1. The third-order valence-corrected chi connectivity index (χ3v) is 5.83. The highest BCUT2D eigenvalue weighted by Gasteiger charge is 2.28. The summed E-state index contributed by atoms with van der Waals surface area (Å²) in [6, 6.07) is 0. The highest BCUT2D eigenvalue weighted by atomic mass is 32.1. The van der Waals surface area contributed by atoms with E-state index in [0.29, 0.717) is 22.3 Å². The van der Waals surface area contributed by atoms with E-state index in [0.717, 1.165) is 41.7 Å². The Morgan fingerprint density at radius 1 is 1.44 bits per heavy atom. The summed E-state index contributed by atoms with van der Waals surface area (Å²) in [5, 5.41) is 4.83. The van der Waals surface area contributed by atoms with Crippen molar-refractivity contribution in [2.24, 2.45) is 0 Å². The molecule has 3 aromatic heterocycles. The predicted octanol–water partition coefficient (Wildman–Crippen LogP) is 3.16. The van der Waals surface area contributed by atoms with Crippen molar-refractivity contribution in [3.05, 3.63) is 29.0 Å². The summed E-state index contributed by atoms with van der Waals surface area (Å²) in [7, 11) is 0. The van der Waals surface area contributed by atoms with E-state index in [1.165, 1.54) is 11.3 Å². The molecular weight excluding hydrogens is 338 g/mol. The van der Waals surface area contributed by atoms with Gasteiger partial charge in [0.1, 0.15) is 0 Å². The lowest BCUT2D eigenvalue weighted by molar-refractivity contribution is 0.102. The predicted molar refractivity (Wildman–Crippen MR) is 97.3 cm³/mol. The van der Waals surface area contributed by atoms with Gasteiger partial charge in [-0.3, -0.25) is 9.78 Å². The molecule has 4 rings (SSSR count). The Labute approximate surface area is 148 Å². The van der Waals surface area contributed by atoms with Gasteiger partial charge >= 0.3 is 0 Å². The van der Waals surface area contributed by atoms with Crippen LogP contribution in [0.3, 0.4) is 0 Å². The van der Waals surface area contributed by atoms with Crippen molar-refractivity contribution in [2.45, 2.75) is 32.6 Å². The fourth-order valence-corrected chi connectivity index (χ4v) is 4.44. The molecule has 0 saturated carbocycles. The summed E-state index contributed by atoms with van der Waals surface area (Å²) in [6.45, 7) is 5.05. The molecule has 0 aliphatic carbocycles. The normalized spacial score (nSPS) is 18.0. The van der Waals surface area contributed by atoms with E-state index in [2.05, 4.69) is 20.0 Å². The number of nitrogens with two attached hydrogens (primary N) is 1. The van der Waals surface area contributed by atoms with E-state index in [-0.39, 0.29) is 11.7 Å². The first-order valence-corrected chi connectivity index (χ1v) is 9.08. The zero-order chi connectivity index (χ0) is 17.6. The van der Waals surface area contributed by atoms with E-state index in [4.69, 9.17) is 10.3 Å². The van der Waals surface area contributed by atoms with E-state index >= 15 is 0 Å². The van der Waals surface area contributed by atoms with Crippen molar-refractivity contribution < 1.29 is 9.32 Å². The number of carbonyl (C=O) groups excluding carboxylic acids is 1. The first kappa shape index (κ1) is 16.0. The summed E-state index contributed by atoms with van der Waals surface area (Å²) in [6.07, 6.45) is 5.64.